The fourth-order valence-corrected chi connectivity index (χ4v) is 3.47. The molecule has 1 aliphatic carbocycles. The van der Waals surface area contributed by atoms with Gasteiger partial charge in [-0.15, -0.1) is 0 Å². The van der Waals surface area contributed by atoms with E-state index in [2.05, 4.69) is 38.2 Å². The molecule has 2 rings (SSSR count). The predicted octanol–water partition coefficient (Wildman–Crippen LogP) is 3.71. The lowest BCUT2D eigenvalue weighted by atomic mass is 9.82. The van der Waals surface area contributed by atoms with Crippen molar-refractivity contribution in [2.45, 2.75) is 71.3 Å². The number of hydrogen-bond donors (Lipinski definition) is 1. The Balaban J connectivity index is 2.14. The van der Waals surface area contributed by atoms with E-state index in [-0.39, 0.29) is 5.92 Å². The third kappa shape index (κ3) is 3.40. The average Bonchev–Trinajstić information content (AvgIpc) is 2.87. The monoisotopic (exact) mass is 279 g/mol. The normalized spacial score (nSPS) is 26.7. The van der Waals surface area contributed by atoms with Crippen LogP contribution in [0.1, 0.15) is 76.9 Å². The number of likely N-dealkylation sites (N-methyl/N-ethyl adjacent to an activating group) is 1. The molecule has 0 aliphatic heterocycles. The van der Waals surface area contributed by atoms with Crippen LogP contribution in [-0.2, 0) is 0 Å². The molecule has 1 saturated carbocycles. The highest BCUT2D eigenvalue weighted by Gasteiger charge is 2.30. The van der Waals surface area contributed by atoms with Gasteiger partial charge in [-0.2, -0.15) is 4.98 Å². The van der Waals surface area contributed by atoms with Gasteiger partial charge in [0, 0.05) is 12.0 Å². The van der Waals surface area contributed by atoms with Crippen LogP contribution in [0, 0.1) is 11.8 Å². The Labute approximate surface area is 122 Å². The molecule has 0 bridgehead atoms. The molecule has 1 aromatic heterocycles. The van der Waals surface area contributed by atoms with E-state index in [1.807, 2.05) is 7.05 Å². The first-order valence-corrected chi connectivity index (χ1v) is 8.03. The summed E-state index contributed by atoms with van der Waals surface area (Å²) in [5.74, 6) is 3.77. The van der Waals surface area contributed by atoms with E-state index in [9.17, 15) is 0 Å². The zero-order valence-electron chi connectivity index (χ0n) is 13.5. The molecule has 1 aromatic rings. The van der Waals surface area contributed by atoms with Crippen LogP contribution >= 0.6 is 0 Å². The van der Waals surface area contributed by atoms with E-state index in [4.69, 9.17) is 9.51 Å². The molecule has 0 radical (unpaired) electrons. The Morgan fingerprint density at radius 2 is 2.00 bits per heavy atom. The molecule has 0 saturated heterocycles. The molecular weight excluding hydrogens is 250 g/mol. The summed E-state index contributed by atoms with van der Waals surface area (Å²) in [4.78, 5) is 4.74. The molecule has 1 heterocycles. The Bertz CT molecular complexity index is 416. The minimum absolute atomic E-state index is 0.280. The maximum absolute atomic E-state index is 5.60. The van der Waals surface area contributed by atoms with E-state index < -0.39 is 0 Å². The highest BCUT2D eigenvalue weighted by Crippen LogP contribution is 2.35. The molecule has 20 heavy (non-hydrogen) atoms. The number of nitrogens with zero attached hydrogens (tertiary/aromatic N) is 2. The molecule has 114 valence electrons. The van der Waals surface area contributed by atoms with Crippen LogP contribution < -0.4 is 5.32 Å². The summed E-state index contributed by atoms with van der Waals surface area (Å²) in [5.41, 5.74) is 0. The fourth-order valence-electron chi connectivity index (χ4n) is 3.47. The highest BCUT2D eigenvalue weighted by atomic mass is 16.5. The lowest BCUT2D eigenvalue weighted by Crippen LogP contribution is -2.32. The third-order valence-electron chi connectivity index (χ3n) is 4.76. The maximum Gasteiger partial charge on any atom is 0.231 e. The Hall–Kier alpha value is -0.900. The Kier molecular flexibility index (Phi) is 5.19. The van der Waals surface area contributed by atoms with Gasteiger partial charge in [0.05, 0.1) is 5.92 Å². The SMILES string of the molecule is CNC(C)C(c1nc(C2CCCC(C)C2)no1)C(C)C. The second kappa shape index (κ2) is 6.70. The molecule has 4 heteroatoms. The zero-order valence-corrected chi connectivity index (χ0v) is 13.5. The van der Waals surface area contributed by atoms with Crippen LogP contribution in [0.4, 0.5) is 0 Å². The maximum atomic E-state index is 5.60. The van der Waals surface area contributed by atoms with Crippen LogP contribution in [-0.4, -0.2) is 23.2 Å². The van der Waals surface area contributed by atoms with Gasteiger partial charge < -0.3 is 9.84 Å². The quantitative estimate of drug-likeness (QED) is 0.892. The van der Waals surface area contributed by atoms with Gasteiger partial charge in [-0.1, -0.05) is 38.8 Å². The first-order valence-electron chi connectivity index (χ1n) is 8.03. The summed E-state index contributed by atoms with van der Waals surface area (Å²) in [7, 11) is 1.99. The van der Waals surface area contributed by atoms with Crippen molar-refractivity contribution in [3.63, 3.8) is 0 Å². The van der Waals surface area contributed by atoms with Crippen molar-refractivity contribution in [3.05, 3.63) is 11.7 Å². The van der Waals surface area contributed by atoms with Crippen LogP contribution in [0.15, 0.2) is 4.52 Å². The van der Waals surface area contributed by atoms with Crippen LogP contribution in [0.25, 0.3) is 0 Å². The topological polar surface area (TPSA) is 51.0 Å². The predicted molar refractivity (Wildman–Crippen MR) is 80.8 cm³/mol. The molecule has 4 unspecified atom stereocenters. The lowest BCUT2D eigenvalue weighted by Gasteiger charge is -2.24. The van der Waals surface area contributed by atoms with Crippen LogP contribution in [0.2, 0.25) is 0 Å². The number of hydrogen-bond acceptors (Lipinski definition) is 4. The number of rotatable bonds is 5. The molecular formula is C16H29N3O. The van der Waals surface area contributed by atoms with E-state index >= 15 is 0 Å². The van der Waals surface area contributed by atoms with Crippen molar-refractivity contribution in [3.8, 4) is 0 Å². The minimum Gasteiger partial charge on any atom is -0.339 e. The van der Waals surface area contributed by atoms with Crippen molar-refractivity contribution in [1.29, 1.82) is 0 Å². The zero-order chi connectivity index (χ0) is 14.7. The summed E-state index contributed by atoms with van der Waals surface area (Å²) in [6, 6.07) is 0.341. The Morgan fingerprint density at radius 3 is 2.60 bits per heavy atom. The van der Waals surface area contributed by atoms with Gasteiger partial charge >= 0.3 is 0 Å². The average molecular weight is 279 g/mol. The second-order valence-electron chi connectivity index (χ2n) is 6.81. The van der Waals surface area contributed by atoms with Gasteiger partial charge in [-0.3, -0.25) is 0 Å². The molecule has 4 nitrogen and oxygen atoms in total. The molecule has 4 atom stereocenters. The van der Waals surface area contributed by atoms with Gasteiger partial charge in [0.15, 0.2) is 5.82 Å². The van der Waals surface area contributed by atoms with E-state index in [1.165, 1.54) is 25.7 Å². The second-order valence-corrected chi connectivity index (χ2v) is 6.81. The first kappa shape index (κ1) is 15.5. The van der Waals surface area contributed by atoms with Crippen molar-refractivity contribution in [2.75, 3.05) is 7.05 Å². The summed E-state index contributed by atoms with van der Waals surface area (Å²) in [5, 5.41) is 7.59. The summed E-state index contributed by atoms with van der Waals surface area (Å²) in [6.07, 6.45) is 5.03. The molecule has 0 amide bonds. The van der Waals surface area contributed by atoms with Gasteiger partial charge in [0.2, 0.25) is 5.89 Å². The van der Waals surface area contributed by atoms with Crippen LogP contribution in [0.5, 0.6) is 0 Å². The molecule has 0 aromatic carbocycles. The number of nitrogens with one attached hydrogen (secondary N) is 1. The summed E-state index contributed by atoms with van der Waals surface area (Å²) < 4.78 is 5.60. The minimum atomic E-state index is 0.280. The van der Waals surface area contributed by atoms with Gasteiger partial charge in [-0.05, 0) is 38.6 Å². The van der Waals surface area contributed by atoms with E-state index in [0.717, 1.165) is 17.6 Å². The van der Waals surface area contributed by atoms with Crippen molar-refractivity contribution < 1.29 is 4.52 Å². The molecule has 1 N–H and O–H groups in total. The first-order chi connectivity index (χ1) is 9.52. The highest BCUT2D eigenvalue weighted by molar-refractivity contribution is 5.04. The molecule has 1 fully saturated rings. The van der Waals surface area contributed by atoms with Crippen molar-refractivity contribution >= 4 is 0 Å². The van der Waals surface area contributed by atoms with E-state index in [0.29, 0.717) is 17.9 Å². The largest absolute Gasteiger partial charge is 0.339 e. The van der Waals surface area contributed by atoms with Gasteiger partial charge in [0.25, 0.3) is 0 Å². The molecule has 0 spiro atoms. The van der Waals surface area contributed by atoms with Gasteiger partial charge in [-0.25, -0.2) is 0 Å². The molecule has 1 aliphatic rings. The lowest BCUT2D eigenvalue weighted by molar-refractivity contribution is 0.280. The number of aromatic nitrogens is 2. The summed E-state index contributed by atoms with van der Waals surface area (Å²) in [6.45, 7) is 8.93. The smallest absolute Gasteiger partial charge is 0.231 e. The standard InChI is InChI=1S/C16H29N3O/c1-10(2)14(12(4)17-5)16-18-15(19-20-16)13-8-6-7-11(3)9-13/h10-14,17H,6-9H2,1-5H3. The van der Waals surface area contributed by atoms with Crippen LogP contribution in [0.3, 0.4) is 0 Å². The van der Waals surface area contributed by atoms with Gasteiger partial charge in [0.1, 0.15) is 0 Å². The summed E-state index contributed by atoms with van der Waals surface area (Å²) >= 11 is 0. The fraction of sp³-hybridized carbons (Fsp3) is 0.875. The van der Waals surface area contributed by atoms with Crippen molar-refractivity contribution in [1.82, 2.24) is 15.5 Å². The van der Waals surface area contributed by atoms with Crippen molar-refractivity contribution in [2.24, 2.45) is 11.8 Å². The Morgan fingerprint density at radius 1 is 1.25 bits per heavy atom. The van der Waals surface area contributed by atoms with E-state index in [1.54, 1.807) is 0 Å². The third-order valence-corrected chi connectivity index (χ3v) is 4.76.